The molecule has 0 spiro atoms. The molecule has 3 aromatic heterocycles. The Morgan fingerprint density at radius 2 is 1.73 bits per heavy atom. The van der Waals surface area contributed by atoms with Gasteiger partial charge in [-0.2, -0.15) is 0 Å². The lowest BCUT2D eigenvalue weighted by Crippen LogP contribution is -1.93. The molecule has 0 saturated heterocycles. The summed E-state index contributed by atoms with van der Waals surface area (Å²) in [6.07, 6.45) is 6.90. The first kappa shape index (κ1) is 15.4. The van der Waals surface area contributed by atoms with Crippen molar-refractivity contribution in [3.05, 3.63) is 67.1 Å². The second kappa shape index (κ2) is 6.71. The lowest BCUT2D eigenvalue weighted by molar-refractivity contribution is 1.00. The summed E-state index contributed by atoms with van der Waals surface area (Å²) in [7, 11) is 0. The molecule has 3 heterocycles. The van der Waals surface area contributed by atoms with Gasteiger partial charge in [0.25, 0.3) is 0 Å². The summed E-state index contributed by atoms with van der Waals surface area (Å²) in [5.41, 5.74) is 3.40. The molecule has 2 nitrogen and oxygen atoms in total. The van der Waals surface area contributed by atoms with Crippen LogP contribution in [0.15, 0.2) is 30.6 Å². The van der Waals surface area contributed by atoms with Crippen LogP contribution in [0.5, 0.6) is 0 Å². The molecule has 114 valence electrons. The lowest BCUT2D eigenvalue weighted by atomic mass is 10.1. The van der Waals surface area contributed by atoms with Gasteiger partial charge in [-0.05, 0) is 57.4 Å². The van der Waals surface area contributed by atoms with E-state index >= 15 is 0 Å². The van der Waals surface area contributed by atoms with E-state index in [1.54, 1.807) is 0 Å². The Hall–Kier alpha value is -1.52. The molecule has 0 aliphatic rings. The molecule has 0 saturated carbocycles. The van der Waals surface area contributed by atoms with Crippen LogP contribution in [0.2, 0.25) is 0 Å². The van der Waals surface area contributed by atoms with Gasteiger partial charge >= 0.3 is 0 Å². The van der Waals surface area contributed by atoms with Crippen molar-refractivity contribution in [2.24, 2.45) is 0 Å². The van der Waals surface area contributed by atoms with Crippen LogP contribution < -0.4 is 0 Å². The average Bonchev–Trinajstić information content (AvgIpc) is 3.06. The van der Waals surface area contributed by atoms with Crippen LogP contribution in [0.1, 0.15) is 36.5 Å². The monoisotopic (exact) mass is 328 g/mol. The van der Waals surface area contributed by atoms with E-state index in [9.17, 15) is 0 Å². The fourth-order valence-corrected chi connectivity index (χ4v) is 4.52. The first-order valence-corrected chi connectivity index (χ1v) is 9.14. The average molecular weight is 329 g/mol. The number of nitrogens with zero attached hydrogens (tertiary/aromatic N) is 2. The molecule has 3 aromatic rings. The van der Waals surface area contributed by atoms with Gasteiger partial charge in [0.1, 0.15) is 0 Å². The van der Waals surface area contributed by atoms with Gasteiger partial charge in [-0.3, -0.25) is 9.97 Å². The number of thiophene rings is 2. The molecule has 3 rings (SSSR count). The fraction of sp³-hybridized carbons (Fsp3) is 0.333. The first-order valence-electron chi connectivity index (χ1n) is 7.51. The zero-order valence-electron chi connectivity index (χ0n) is 13.2. The third kappa shape index (κ3) is 3.81. The maximum atomic E-state index is 4.47. The van der Waals surface area contributed by atoms with E-state index in [0.717, 1.165) is 30.7 Å². The summed E-state index contributed by atoms with van der Waals surface area (Å²) in [6, 6.07) is 6.80. The summed E-state index contributed by atoms with van der Waals surface area (Å²) < 4.78 is 0. The predicted octanol–water partition coefficient (Wildman–Crippen LogP) is 4.90. The highest BCUT2D eigenvalue weighted by atomic mass is 32.1. The van der Waals surface area contributed by atoms with E-state index in [2.05, 4.69) is 42.0 Å². The van der Waals surface area contributed by atoms with Crippen LogP contribution in [0, 0.1) is 20.8 Å². The molecule has 4 heteroatoms. The van der Waals surface area contributed by atoms with Crippen LogP contribution >= 0.6 is 22.7 Å². The predicted molar refractivity (Wildman–Crippen MR) is 95.1 cm³/mol. The second-order valence-corrected chi connectivity index (χ2v) is 8.25. The van der Waals surface area contributed by atoms with Gasteiger partial charge < -0.3 is 0 Å². The number of hydrogen-bond donors (Lipinski definition) is 0. The molecular weight excluding hydrogens is 308 g/mol. The smallest absolute Gasteiger partial charge is 0.0638 e. The summed E-state index contributed by atoms with van der Waals surface area (Å²) in [6.45, 7) is 6.34. The zero-order valence-corrected chi connectivity index (χ0v) is 14.9. The quantitative estimate of drug-likeness (QED) is 0.665. The standard InChI is InChI=1S/C18H20N2S2/c1-12-8-17(7-6-16-5-4-14(3)21-16)22-18(12)9-15-11-19-13(2)10-20-15/h4-5,8,10-11H,6-7,9H2,1-3H3. The number of hydrogen-bond acceptors (Lipinski definition) is 4. The highest BCUT2D eigenvalue weighted by Crippen LogP contribution is 2.26. The molecule has 0 unspecified atom stereocenters. The summed E-state index contributed by atoms with van der Waals surface area (Å²) in [5, 5.41) is 0. The Bertz CT molecular complexity index is 754. The van der Waals surface area contributed by atoms with E-state index in [4.69, 9.17) is 0 Å². The van der Waals surface area contributed by atoms with Crippen LogP contribution in [-0.4, -0.2) is 9.97 Å². The largest absolute Gasteiger partial charge is 0.258 e. The van der Waals surface area contributed by atoms with Crippen molar-refractivity contribution in [2.45, 2.75) is 40.0 Å². The third-order valence-electron chi connectivity index (χ3n) is 3.66. The van der Waals surface area contributed by atoms with E-state index in [0.29, 0.717) is 0 Å². The SMILES string of the molecule is Cc1cnc(Cc2sc(CCc3ccc(C)s3)cc2C)cn1. The van der Waals surface area contributed by atoms with E-state index in [1.165, 1.54) is 25.1 Å². The van der Waals surface area contributed by atoms with Crippen LogP contribution in [-0.2, 0) is 19.3 Å². The molecule has 0 aromatic carbocycles. The lowest BCUT2D eigenvalue weighted by Gasteiger charge is -1.99. The Labute approximate surface area is 139 Å². The fourth-order valence-electron chi connectivity index (χ4n) is 2.43. The van der Waals surface area contributed by atoms with Crippen LogP contribution in [0.25, 0.3) is 0 Å². The summed E-state index contributed by atoms with van der Waals surface area (Å²) in [4.78, 5) is 14.6. The second-order valence-electron chi connectivity index (χ2n) is 5.66. The Morgan fingerprint density at radius 3 is 2.41 bits per heavy atom. The highest BCUT2D eigenvalue weighted by Gasteiger charge is 2.08. The maximum absolute atomic E-state index is 4.47. The van der Waals surface area contributed by atoms with Crippen molar-refractivity contribution in [1.29, 1.82) is 0 Å². The highest BCUT2D eigenvalue weighted by molar-refractivity contribution is 7.12. The molecule has 0 bridgehead atoms. The zero-order chi connectivity index (χ0) is 15.5. The Morgan fingerprint density at radius 1 is 0.909 bits per heavy atom. The van der Waals surface area contributed by atoms with E-state index in [1.807, 2.05) is 42.0 Å². The molecular formula is C18H20N2S2. The van der Waals surface area contributed by atoms with E-state index < -0.39 is 0 Å². The van der Waals surface area contributed by atoms with Gasteiger partial charge in [-0.15, -0.1) is 22.7 Å². The topological polar surface area (TPSA) is 25.8 Å². The first-order chi connectivity index (χ1) is 10.6. The summed E-state index contributed by atoms with van der Waals surface area (Å²) in [5.74, 6) is 0. The van der Waals surface area contributed by atoms with Gasteiger partial charge in [0.2, 0.25) is 0 Å². The number of aromatic nitrogens is 2. The van der Waals surface area contributed by atoms with Crippen molar-refractivity contribution in [3.8, 4) is 0 Å². The Kier molecular flexibility index (Phi) is 4.69. The molecule has 0 radical (unpaired) electrons. The minimum absolute atomic E-state index is 0.891. The molecule has 0 aliphatic carbocycles. The van der Waals surface area contributed by atoms with Gasteiger partial charge in [0.15, 0.2) is 0 Å². The van der Waals surface area contributed by atoms with Gasteiger partial charge in [0.05, 0.1) is 11.4 Å². The van der Waals surface area contributed by atoms with Crippen molar-refractivity contribution < 1.29 is 0 Å². The number of rotatable bonds is 5. The Balaban J connectivity index is 1.66. The van der Waals surface area contributed by atoms with Crippen molar-refractivity contribution >= 4 is 22.7 Å². The van der Waals surface area contributed by atoms with Crippen molar-refractivity contribution in [2.75, 3.05) is 0 Å². The minimum Gasteiger partial charge on any atom is -0.258 e. The van der Waals surface area contributed by atoms with Gasteiger partial charge in [0, 0.05) is 38.3 Å². The van der Waals surface area contributed by atoms with Crippen molar-refractivity contribution in [1.82, 2.24) is 9.97 Å². The van der Waals surface area contributed by atoms with Crippen LogP contribution in [0.3, 0.4) is 0 Å². The van der Waals surface area contributed by atoms with E-state index in [-0.39, 0.29) is 0 Å². The molecule has 0 amide bonds. The third-order valence-corrected chi connectivity index (χ3v) is 6.02. The molecule has 0 fully saturated rings. The van der Waals surface area contributed by atoms with Crippen molar-refractivity contribution in [3.63, 3.8) is 0 Å². The minimum atomic E-state index is 0.891. The maximum Gasteiger partial charge on any atom is 0.0638 e. The van der Waals surface area contributed by atoms with Gasteiger partial charge in [-0.1, -0.05) is 0 Å². The number of aryl methyl sites for hydroxylation is 5. The molecule has 0 atom stereocenters. The van der Waals surface area contributed by atoms with Gasteiger partial charge in [-0.25, -0.2) is 0 Å². The summed E-state index contributed by atoms with van der Waals surface area (Å²) >= 11 is 3.83. The van der Waals surface area contributed by atoms with Crippen LogP contribution in [0.4, 0.5) is 0 Å². The molecule has 0 N–H and O–H groups in total. The molecule has 0 aliphatic heterocycles. The molecule has 22 heavy (non-hydrogen) atoms. The normalized spacial score (nSPS) is 11.0.